The van der Waals surface area contributed by atoms with Crippen LogP contribution in [0.5, 0.6) is 5.75 Å². The number of carbonyl (C=O) groups is 2. The Balaban J connectivity index is 2.16. The van der Waals surface area contributed by atoms with Crippen molar-refractivity contribution < 1.29 is 19.4 Å². The van der Waals surface area contributed by atoms with E-state index in [2.05, 4.69) is 10.3 Å². The van der Waals surface area contributed by atoms with Crippen molar-refractivity contribution in [3.05, 3.63) is 59.8 Å². The van der Waals surface area contributed by atoms with Crippen molar-refractivity contribution >= 4 is 47.2 Å². The van der Waals surface area contributed by atoms with Gasteiger partial charge < -0.3 is 0 Å². The number of carbonyl (C=O) groups excluding carboxylic acids is 1. The number of hydrogen-bond donors (Lipinski definition) is 2. The van der Waals surface area contributed by atoms with E-state index in [1.54, 1.807) is 32.4 Å². The summed E-state index contributed by atoms with van der Waals surface area (Å²) in [5, 5.41) is 12.9. The number of rotatable bonds is 5. The average molecular weight is 412 g/mol. The second kappa shape index (κ2) is 7.58. The summed E-state index contributed by atoms with van der Waals surface area (Å²) in [4.78, 5) is 27.9. The van der Waals surface area contributed by atoms with E-state index in [0.29, 0.717) is 16.5 Å². The first-order valence-corrected chi connectivity index (χ1v) is 9.92. The first-order chi connectivity index (χ1) is 12.5. The van der Waals surface area contributed by atoms with Gasteiger partial charge in [0.25, 0.3) is 0 Å². The first-order valence-electron chi connectivity index (χ1n) is 7.82. The number of aromatic carboxylic acids is 1. The quantitative estimate of drug-likeness (QED) is 0.602. The molecule has 7 heteroatoms. The van der Waals surface area contributed by atoms with Crippen LogP contribution in [0, 0.1) is 0 Å². The SMILES string of the molecule is CNC(=O)c1ccc2ncc(C(=O)O)c([AsH]c3ccc(OC)cc3)c2c1. The van der Waals surface area contributed by atoms with Gasteiger partial charge in [-0.05, 0) is 0 Å². The molecule has 2 aromatic carbocycles. The molecule has 0 saturated heterocycles. The summed E-state index contributed by atoms with van der Waals surface area (Å²) in [5.41, 5.74) is 1.34. The minimum absolute atomic E-state index is 0.183. The number of hydrogen-bond acceptors (Lipinski definition) is 4. The van der Waals surface area contributed by atoms with Gasteiger partial charge in [0, 0.05) is 0 Å². The van der Waals surface area contributed by atoms with Crippen LogP contribution in [0.3, 0.4) is 0 Å². The molecule has 6 nitrogen and oxygen atoms in total. The van der Waals surface area contributed by atoms with Crippen LogP contribution in [0.1, 0.15) is 20.7 Å². The minimum atomic E-state index is -1.02. The van der Waals surface area contributed by atoms with E-state index in [9.17, 15) is 14.7 Å². The maximum atomic E-state index is 12.0. The normalized spacial score (nSPS) is 11.0. The molecular formula is C19H17AsN2O4. The van der Waals surface area contributed by atoms with Crippen LogP contribution in [0.2, 0.25) is 0 Å². The zero-order chi connectivity index (χ0) is 18.7. The number of ether oxygens (including phenoxy) is 1. The number of nitrogens with one attached hydrogen (secondary N) is 1. The number of aromatic nitrogens is 1. The van der Waals surface area contributed by atoms with Crippen LogP contribution in [0.4, 0.5) is 0 Å². The molecule has 1 aromatic heterocycles. The molecule has 0 saturated carbocycles. The Morgan fingerprint density at radius 2 is 1.88 bits per heavy atom. The molecule has 1 amide bonds. The van der Waals surface area contributed by atoms with Gasteiger partial charge in [0.05, 0.1) is 0 Å². The van der Waals surface area contributed by atoms with Crippen LogP contribution in [-0.2, 0) is 0 Å². The van der Waals surface area contributed by atoms with E-state index in [-0.39, 0.29) is 11.5 Å². The van der Waals surface area contributed by atoms with Gasteiger partial charge in [-0.1, -0.05) is 0 Å². The molecule has 1 unspecified atom stereocenters. The maximum absolute atomic E-state index is 12.0. The Morgan fingerprint density at radius 1 is 1.15 bits per heavy atom. The Labute approximate surface area is 156 Å². The van der Waals surface area contributed by atoms with E-state index in [1.807, 2.05) is 24.3 Å². The van der Waals surface area contributed by atoms with Gasteiger partial charge in [-0.3, -0.25) is 0 Å². The summed E-state index contributed by atoms with van der Waals surface area (Å²) >= 11 is -0.955. The van der Waals surface area contributed by atoms with Crippen molar-refractivity contribution in [3.8, 4) is 5.75 Å². The van der Waals surface area contributed by atoms with Gasteiger partial charge in [0.15, 0.2) is 0 Å². The molecule has 0 aliphatic rings. The number of fused-ring (bicyclic) bond motifs is 1. The molecule has 1 atom stereocenters. The molecule has 3 aromatic rings. The van der Waals surface area contributed by atoms with Gasteiger partial charge in [0.2, 0.25) is 0 Å². The zero-order valence-electron chi connectivity index (χ0n) is 14.2. The molecule has 0 spiro atoms. The van der Waals surface area contributed by atoms with Crippen LogP contribution in [0.25, 0.3) is 10.9 Å². The molecule has 1 heterocycles. The summed E-state index contributed by atoms with van der Waals surface area (Å²) in [6.07, 6.45) is 1.40. The van der Waals surface area contributed by atoms with Crippen LogP contribution in [-0.4, -0.2) is 51.9 Å². The third-order valence-electron chi connectivity index (χ3n) is 3.95. The number of methoxy groups -OCH3 is 1. The van der Waals surface area contributed by atoms with E-state index < -0.39 is 21.7 Å². The average Bonchev–Trinajstić information content (AvgIpc) is 2.67. The van der Waals surface area contributed by atoms with Crippen LogP contribution >= 0.6 is 0 Å². The number of carboxylic acid groups (broad SMARTS) is 1. The number of amides is 1. The summed E-state index contributed by atoms with van der Waals surface area (Å²) in [6.45, 7) is 0. The van der Waals surface area contributed by atoms with Crippen molar-refractivity contribution in [2.24, 2.45) is 0 Å². The van der Waals surface area contributed by atoms with Crippen molar-refractivity contribution in [2.75, 3.05) is 14.2 Å². The van der Waals surface area contributed by atoms with E-state index in [1.165, 1.54) is 6.20 Å². The summed E-state index contributed by atoms with van der Waals surface area (Å²) < 4.78 is 6.98. The van der Waals surface area contributed by atoms with Crippen molar-refractivity contribution in [1.82, 2.24) is 10.3 Å². The van der Waals surface area contributed by atoms with Gasteiger partial charge in [-0.25, -0.2) is 0 Å². The molecular weight excluding hydrogens is 395 g/mol. The van der Waals surface area contributed by atoms with Crippen molar-refractivity contribution in [2.45, 2.75) is 0 Å². The number of carboxylic acids is 1. The Bertz CT molecular complexity index is 987. The number of nitrogens with zero attached hydrogens (tertiary/aromatic N) is 1. The molecule has 0 bridgehead atoms. The number of benzene rings is 2. The third kappa shape index (κ3) is 3.55. The van der Waals surface area contributed by atoms with E-state index in [0.717, 1.165) is 14.5 Å². The molecule has 26 heavy (non-hydrogen) atoms. The molecule has 3 rings (SSSR count). The number of pyridine rings is 1. The van der Waals surface area contributed by atoms with E-state index in [4.69, 9.17) is 4.74 Å². The molecule has 0 radical (unpaired) electrons. The topological polar surface area (TPSA) is 88.5 Å². The fourth-order valence-corrected chi connectivity index (χ4v) is 5.24. The van der Waals surface area contributed by atoms with Gasteiger partial charge in [-0.2, -0.15) is 0 Å². The second-order valence-corrected chi connectivity index (χ2v) is 8.30. The summed E-state index contributed by atoms with van der Waals surface area (Å²) in [7, 11) is 3.16. The second-order valence-electron chi connectivity index (χ2n) is 5.52. The predicted octanol–water partition coefficient (Wildman–Crippen LogP) is 0.689. The molecule has 2 N–H and O–H groups in total. The Morgan fingerprint density at radius 3 is 2.50 bits per heavy atom. The molecule has 0 aliphatic heterocycles. The van der Waals surface area contributed by atoms with Gasteiger partial charge in [0.1, 0.15) is 0 Å². The first kappa shape index (κ1) is 18.0. The molecule has 132 valence electrons. The van der Waals surface area contributed by atoms with Crippen LogP contribution < -0.4 is 18.8 Å². The van der Waals surface area contributed by atoms with E-state index >= 15 is 0 Å². The third-order valence-corrected chi connectivity index (χ3v) is 6.91. The predicted molar refractivity (Wildman–Crippen MR) is 102 cm³/mol. The van der Waals surface area contributed by atoms with Gasteiger partial charge in [-0.15, -0.1) is 0 Å². The standard InChI is InChI=1S/C19H17AsN2O4/c1-21-18(23)11-3-8-16-14(9-11)17(15(10-22-16)19(24)25)20-12-4-6-13(26-2)7-5-12/h3-10,20H,1-2H3,(H,21,23)(H,24,25). The monoisotopic (exact) mass is 412 g/mol. The van der Waals surface area contributed by atoms with Gasteiger partial charge >= 0.3 is 157 Å². The molecule has 0 aliphatic carbocycles. The van der Waals surface area contributed by atoms with Crippen molar-refractivity contribution in [3.63, 3.8) is 0 Å². The Kier molecular flexibility index (Phi) is 5.24. The van der Waals surface area contributed by atoms with Crippen molar-refractivity contribution in [1.29, 1.82) is 0 Å². The van der Waals surface area contributed by atoms with Crippen LogP contribution in [0.15, 0.2) is 48.7 Å². The zero-order valence-corrected chi connectivity index (χ0v) is 16.3. The Hall–Kier alpha value is -2.85. The fraction of sp³-hybridized carbons (Fsp3) is 0.105. The molecule has 0 fully saturated rings. The fourth-order valence-electron chi connectivity index (χ4n) is 2.59. The summed E-state index contributed by atoms with van der Waals surface area (Å²) in [5.74, 6) is -0.486. The summed E-state index contributed by atoms with van der Waals surface area (Å²) in [6, 6.07) is 12.8.